The second-order valence-corrected chi connectivity index (χ2v) is 8.55. The molecule has 0 saturated carbocycles. The fraction of sp³-hybridized carbons (Fsp3) is 0.381. The zero-order valence-corrected chi connectivity index (χ0v) is 18.2. The molecular formula is C21H20ClN3O4S. The summed E-state index contributed by atoms with van der Waals surface area (Å²) < 4.78 is 10.6. The molecule has 156 valence electrons. The minimum atomic E-state index is -0.795. The molecule has 1 aliphatic heterocycles. The van der Waals surface area contributed by atoms with E-state index >= 15 is 0 Å². The Balaban J connectivity index is 1.50. The van der Waals surface area contributed by atoms with E-state index in [-0.39, 0.29) is 12.3 Å². The molecule has 0 fully saturated rings. The highest BCUT2D eigenvalue weighted by atomic mass is 35.5. The fourth-order valence-corrected chi connectivity index (χ4v) is 5.21. The van der Waals surface area contributed by atoms with Gasteiger partial charge in [-0.2, -0.15) is 5.26 Å². The van der Waals surface area contributed by atoms with Crippen LogP contribution in [0, 0.1) is 11.3 Å². The van der Waals surface area contributed by atoms with E-state index in [4.69, 9.17) is 25.9 Å². The van der Waals surface area contributed by atoms with Gasteiger partial charge in [-0.25, -0.2) is 0 Å². The predicted octanol–water partition coefficient (Wildman–Crippen LogP) is 4.30. The van der Waals surface area contributed by atoms with Crippen LogP contribution in [0.3, 0.4) is 0 Å². The average Bonchev–Trinajstić information content (AvgIpc) is 3.38. The molecular weight excluding hydrogens is 426 g/mol. The Morgan fingerprint density at radius 2 is 2.07 bits per heavy atom. The number of methoxy groups -OCH3 is 2. The van der Waals surface area contributed by atoms with E-state index < -0.39 is 6.10 Å². The van der Waals surface area contributed by atoms with Crippen molar-refractivity contribution in [3.8, 4) is 17.6 Å². The number of carbonyl (C=O) groups excluding carboxylic acids is 1. The minimum absolute atomic E-state index is 0.262. The van der Waals surface area contributed by atoms with Crippen LogP contribution >= 0.6 is 22.9 Å². The van der Waals surface area contributed by atoms with Crippen LogP contribution in [0.4, 0.5) is 5.00 Å². The van der Waals surface area contributed by atoms with Crippen LogP contribution in [-0.2, 0) is 22.5 Å². The zero-order chi connectivity index (χ0) is 21.3. The van der Waals surface area contributed by atoms with Gasteiger partial charge in [0.15, 0.2) is 0 Å². The highest BCUT2D eigenvalue weighted by Gasteiger charge is 2.32. The summed E-state index contributed by atoms with van der Waals surface area (Å²) in [5.41, 5.74) is 2.85. The molecule has 9 heteroatoms. The maximum Gasteiger partial charge on any atom is 0.269 e. The van der Waals surface area contributed by atoms with Gasteiger partial charge < -0.3 is 19.6 Å². The van der Waals surface area contributed by atoms with E-state index in [1.165, 1.54) is 30.4 Å². The number of hydrogen-bond donors (Lipinski definition) is 1. The SMILES string of the molecule is COc1cc(OC)c(C2=NOC(C(=O)Nc3sc4c(c3C#N)CCCC4)C2)cc1Cl. The van der Waals surface area contributed by atoms with Crippen molar-refractivity contribution in [1.29, 1.82) is 5.26 Å². The summed E-state index contributed by atoms with van der Waals surface area (Å²) in [6.45, 7) is 0. The van der Waals surface area contributed by atoms with Crippen LogP contribution < -0.4 is 14.8 Å². The van der Waals surface area contributed by atoms with Gasteiger partial charge in [-0.15, -0.1) is 11.3 Å². The Hall–Kier alpha value is -2.76. The molecule has 0 bridgehead atoms. The first-order chi connectivity index (χ1) is 14.5. The van der Waals surface area contributed by atoms with Gasteiger partial charge in [0.2, 0.25) is 6.10 Å². The molecule has 0 spiro atoms. The molecule has 0 radical (unpaired) electrons. The Morgan fingerprint density at radius 3 is 2.80 bits per heavy atom. The van der Waals surface area contributed by atoms with E-state index in [0.717, 1.165) is 31.2 Å². The standard InChI is InChI=1S/C21H20ClN3O4S/c1-27-16-9-17(28-2)14(22)7-12(16)15-8-18(29-25-15)20(26)24-21-13(10-23)11-5-3-4-6-19(11)30-21/h7,9,18H,3-6,8H2,1-2H3,(H,24,26). The average molecular weight is 446 g/mol. The summed E-state index contributed by atoms with van der Waals surface area (Å²) in [5.74, 6) is 0.677. The smallest absolute Gasteiger partial charge is 0.269 e. The van der Waals surface area contributed by atoms with Crippen LogP contribution in [0.15, 0.2) is 17.3 Å². The quantitative estimate of drug-likeness (QED) is 0.740. The number of nitrogens with one attached hydrogen (secondary N) is 1. The van der Waals surface area contributed by atoms with E-state index in [1.54, 1.807) is 12.1 Å². The molecule has 1 aliphatic carbocycles. The Bertz CT molecular complexity index is 1070. The number of ether oxygens (including phenoxy) is 2. The molecule has 1 aromatic carbocycles. The van der Waals surface area contributed by atoms with Gasteiger partial charge in [0, 0.05) is 22.9 Å². The number of nitrogens with zero attached hydrogens (tertiary/aromatic N) is 2. The van der Waals surface area contributed by atoms with Crippen LogP contribution in [-0.4, -0.2) is 31.9 Å². The normalized spacial score (nSPS) is 17.4. The molecule has 2 heterocycles. The van der Waals surface area contributed by atoms with Gasteiger partial charge in [0.1, 0.15) is 22.6 Å². The molecule has 2 aliphatic rings. The Kier molecular flexibility index (Phi) is 5.84. The van der Waals surface area contributed by atoms with E-state index in [9.17, 15) is 10.1 Å². The summed E-state index contributed by atoms with van der Waals surface area (Å²) >= 11 is 7.73. The monoisotopic (exact) mass is 445 g/mol. The number of amides is 1. The summed E-state index contributed by atoms with van der Waals surface area (Å²) in [5, 5.41) is 17.5. The second-order valence-electron chi connectivity index (χ2n) is 7.04. The van der Waals surface area contributed by atoms with Crippen molar-refractivity contribution >= 4 is 39.6 Å². The number of carbonyl (C=O) groups is 1. The number of thiophene rings is 1. The van der Waals surface area contributed by atoms with Gasteiger partial charge in [-0.3, -0.25) is 4.79 Å². The van der Waals surface area contributed by atoms with Crippen LogP contribution in [0.5, 0.6) is 11.5 Å². The maximum absolute atomic E-state index is 12.8. The Labute approximate surface area is 183 Å². The van der Waals surface area contributed by atoms with Crippen molar-refractivity contribution in [1.82, 2.24) is 0 Å². The lowest BCUT2D eigenvalue weighted by molar-refractivity contribution is -0.125. The number of fused-ring (bicyclic) bond motifs is 1. The lowest BCUT2D eigenvalue weighted by Gasteiger charge is -2.12. The Morgan fingerprint density at radius 1 is 1.30 bits per heavy atom. The first-order valence-electron chi connectivity index (χ1n) is 9.55. The van der Waals surface area contributed by atoms with Crippen molar-refractivity contribution in [2.75, 3.05) is 19.5 Å². The van der Waals surface area contributed by atoms with Crippen molar-refractivity contribution in [3.05, 3.63) is 38.7 Å². The molecule has 0 saturated heterocycles. The highest BCUT2D eigenvalue weighted by Crippen LogP contribution is 2.38. The topological polar surface area (TPSA) is 92.9 Å². The lowest BCUT2D eigenvalue weighted by Crippen LogP contribution is -2.28. The number of rotatable bonds is 5. The highest BCUT2D eigenvalue weighted by molar-refractivity contribution is 7.16. The number of benzene rings is 1. The lowest BCUT2D eigenvalue weighted by atomic mass is 9.96. The molecule has 2 aromatic rings. The van der Waals surface area contributed by atoms with Crippen molar-refractivity contribution < 1.29 is 19.1 Å². The van der Waals surface area contributed by atoms with Crippen molar-refractivity contribution in [2.24, 2.45) is 5.16 Å². The number of hydrogen-bond acceptors (Lipinski definition) is 7. The zero-order valence-electron chi connectivity index (χ0n) is 16.6. The predicted molar refractivity (Wildman–Crippen MR) is 115 cm³/mol. The van der Waals surface area contributed by atoms with Gasteiger partial charge in [0.25, 0.3) is 5.91 Å². The summed E-state index contributed by atoms with van der Waals surface area (Å²) in [6.07, 6.45) is 3.49. The first-order valence-corrected chi connectivity index (χ1v) is 10.7. The third-order valence-electron chi connectivity index (χ3n) is 5.27. The van der Waals surface area contributed by atoms with Gasteiger partial charge in [-0.05, 0) is 37.3 Å². The van der Waals surface area contributed by atoms with E-state index in [0.29, 0.717) is 38.4 Å². The number of anilines is 1. The molecule has 1 N–H and O–H groups in total. The summed E-state index contributed by atoms with van der Waals surface area (Å²) in [4.78, 5) is 19.4. The minimum Gasteiger partial charge on any atom is -0.496 e. The third-order valence-corrected chi connectivity index (χ3v) is 6.77. The fourth-order valence-electron chi connectivity index (χ4n) is 3.73. The van der Waals surface area contributed by atoms with Gasteiger partial charge in [0.05, 0.1) is 30.5 Å². The van der Waals surface area contributed by atoms with Crippen LogP contribution in [0.25, 0.3) is 0 Å². The van der Waals surface area contributed by atoms with Crippen LogP contribution in [0.1, 0.15) is 40.8 Å². The summed E-state index contributed by atoms with van der Waals surface area (Å²) in [7, 11) is 3.06. The largest absolute Gasteiger partial charge is 0.496 e. The molecule has 1 aromatic heterocycles. The van der Waals surface area contributed by atoms with Crippen molar-refractivity contribution in [2.45, 2.75) is 38.2 Å². The molecule has 1 atom stereocenters. The number of halogens is 1. The molecule has 1 unspecified atom stereocenters. The second kappa shape index (κ2) is 8.54. The van der Waals surface area contributed by atoms with Crippen molar-refractivity contribution in [3.63, 3.8) is 0 Å². The number of aryl methyl sites for hydroxylation is 1. The third kappa shape index (κ3) is 3.71. The molecule has 1 amide bonds. The van der Waals surface area contributed by atoms with Gasteiger partial charge >= 0.3 is 0 Å². The molecule has 7 nitrogen and oxygen atoms in total. The first kappa shape index (κ1) is 20.5. The molecule has 4 rings (SSSR count). The summed E-state index contributed by atoms with van der Waals surface area (Å²) in [6, 6.07) is 5.60. The van der Waals surface area contributed by atoms with E-state index in [1.807, 2.05) is 0 Å². The van der Waals surface area contributed by atoms with Gasteiger partial charge in [-0.1, -0.05) is 16.8 Å². The number of oxime groups is 1. The van der Waals surface area contributed by atoms with Crippen LogP contribution in [0.2, 0.25) is 5.02 Å². The number of nitriles is 1. The maximum atomic E-state index is 12.8. The van der Waals surface area contributed by atoms with E-state index in [2.05, 4.69) is 16.5 Å². The molecule has 30 heavy (non-hydrogen) atoms.